The fraction of sp³-hybridized carbons (Fsp3) is 0.267. The maximum Gasteiger partial charge on any atom is 0.351 e. The zero-order valence-corrected chi connectivity index (χ0v) is 13.6. The van der Waals surface area contributed by atoms with Gasteiger partial charge in [0.1, 0.15) is 0 Å². The third kappa shape index (κ3) is 3.97. The number of non-ortho nitro benzene ring substituents is 1. The van der Waals surface area contributed by atoms with Crippen LogP contribution in [0.3, 0.4) is 0 Å². The molecule has 2 atom stereocenters. The van der Waals surface area contributed by atoms with Crippen LogP contribution >= 0.6 is 0 Å². The SMILES string of the molecule is O=C(Nc1nc(=O)n(C2COC(CO)O2)cc1F)c1ccc([N+](=O)[O-])cc1. The summed E-state index contributed by atoms with van der Waals surface area (Å²) in [5, 5.41) is 21.7. The second-order valence-corrected chi connectivity index (χ2v) is 5.42. The van der Waals surface area contributed by atoms with Crippen LogP contribution in [0, 0.1) is 15.9 Å². The van der Waals surface area contributed by atoms with Gasteiger partial charge >= 0.3 is 5.69 Å². The third-order valence-corrected chi connectivity index (χ3v) is 3.67. The average Bonchev–Trinajstić information content (AvgIpc) is 3.13. The van der Waals surface area contributed by atoms with Crippen molar-refractivity contribution < 1.29 is 28.7 Å². The largest absolute Gasteiger partial charge is 0.391 e. The van der Waals surface area contributed by atoms with Crippen LogP contribution in [0.4, 0.5) is 15.9 Å². The monoisotopic (exact) mass is 380 g/mol. The fourth-order valence-electron chi connectivity index (χ4n) is 2.34. The second kappa shape index (κ2) is 7.57. The number of ether oxygens (including phenoxy) is 2. The smallest absolute Gasteiger partial charge is 0.351 e. The molecule has 11 nitrogen and oxygen atoms in total. The van der Waals surface area contributed by atoms with Crippen LogP contribution in [0.2, 0.25) is 0 Å². The van der Waals surface area contributed by atoms with Gasteiger partial charge in [-0.1, -0.05) is 0 Å². The molecule has 3 rings (SSSR count). The van der Waals surface area contributed by atoms with E-state index in [2.05, 4.69) is 10.3 Å². The summed E-state index contributed by atoms with van der Waals surface area (Å²) in [5.41, 5.74) is -1.09. The van der Waals surface area contributed by atoms with E-state index in [4.69, 9.17) is 14.6 Å². The summed E-state index contributed by atoms with van der Waals surface area (Å²) in [5.74, 6) is -2.40. The lowest BCUT2D eigenvalue weighted by atomic mass is 10.2. The molecule has 12 heteroatoms. The van der Waals surface area contributed by atoms with Crippen LogP contribution in [0.5, 0.6) is 0 Å². The Morgan fingerprint density at radius 2 is 2.15 bits per heavy atom. The average molecular weight is 380 g/mol. The zero-order chi connectivity index (χ0) is 19.6. The number of halogens is 1. The Labute approximate surface area is 150 Å². The third-order valence-electron chi connectivity index (χ3n) is 3.67. The van der Waals surface area contributed by atoms with Crippen LogP contribution in [-0.4, -0.2) is 45.0 Å². The number of anilines is 1. The number of amides is 1. The van der Waals surface area contributed by atoms with Gasteiger partial charge in [-0.3, -0.25) is 19.5 Å². The highest BCUT2D eigenvalue weighted by molar-refractivity contribution is 6.03. The number of nitro benzene ring substituents is 1. The van der Waals surface area contributed by atoms with Crippen molar-refractivity contribution in [3.63, 3.8) is 0 Å². The van der Waals surface area contributed by atoms with Gasteiger partial charge in [0.05, 0.1) is 24.3 Å². The van der Waals surface area contributed by atoms with E-state index in [-0.39, 0.29) is 17.9 Å². The number of aromatic nitrogens is 2. The number of aliphatic hydroxyl groups excluding tert-OH is 1. The number of aliphatic hydroxyl groups is 1. The van der Waals surface area contributed by atoms with Crippen molar-refractivity contribution in [2.45, 2.75) is 12.5 Å². The molecule has 2 unspecified atom stereocenters. The molecule has 142 valence electrons. The highest BCUT2D eigenvalue weighted by atomic mass is 19.1. The number of carbonyl (C=O) groups is 1. The van der Waals surface area contributed by atoms with E-state index < -0.39 is 47.3 Å². The highest BCUT2D eigenvalue weighted by Crippen LogP contribution is 2.20. The first-order valence-electron chi connectivity index (χ1n) is 7.61. The van der Waals surface area contributed by atoms with E-state index in [0.29, 0.717) is 0 Å². The quantitative estimate of drug-likeness (QED) is 0.560. The summed E-state index contributed by atoms with van der Waals surface area (Å²) < 4.78 is 25.3. The van der Waals surface area contributed by atoms with E-state index in [9.17, 15) is 24.1 Å². The molecule has 1 amide bonds. The van der Waals surface area contributed by atoms with Crippen molar-refractivity contribution in [3.05, 3.63) is 62.4 Å². The van der Waals surface area contributed by atoms with E-state index >= 15 is 0 Å². The minimum absolute atomic E-state index is 0.0179. The Morgan fingerprint density at radius 3 is 2.74 bits per heavy atom. The van der Waals surface area contributed by atoms with Crippen molar-refractivity contribution in [1.29, 1.82) is 0 Å². The number of hydrogen-bond acceptors (Lipinski definition) is 8. The predicted molar refractivity (Wildman–Crippen MR) is 86.5 cm³/mol. The summed E-state index contributed by atoms with van der Waals surface area (Å²) in [6.45, 7) is -0.509. The number of benzene rings is 1. The van der Waals surface area contributed by atoms with Crippen molar-refractivity contribution in [2.24, 2.45) is 0 Å². The van der Waals surface area contributed by atoms with Gasteiger partial charge in [-0.2, -0.15) is 4.98 Å². The Balaban J connectivity index is 1.77. The zero-order valence-electron chi connectivity index (χ0n) is 13.6. The van der Waals surface area contributed by atoms with Gasteiger partial charge in [0, 0.05) is 17.7 Å². The number of carbonyl (C=O) groups excluding carboxylic acids is 1. The number of nitrogens with zero attached hydrogens (tertiary/aromatic N) is 3. The lowest BCUT2D eigenvalue weighted by Crippen LogP contribution is -2.30. The minimum Gasteiger partial charge on any atom is -0.391 e. The normalized spacial score (nSPS) is 19.0. The van der Waals surface area contributed by atoms with Crippen molar-refractivity contribution in [1.82, 2.24) is 9.55 Å². The standard InChI is InChI=1S/C15H13FN4O7/c16-10-5-19(11-7-26-12(6-21)27-11)15(23)18-13(10)17-14(22)8-1-3-9(4-2-8)20(24)25/h1-5,11-12,21H,6-7H2,(H,17,18,22,23). The first-order valence-corrected chi connectivity index (χ1v) is 7.61. The Bertz CT molecular complexity index is 931. The summed E-state index contributed by atoms with van der Waals surface area (Å²) in [7, 11) is 0. The van der Waals surface area contributed by atoms with Crippen LogP contribution in [-0.2, 0) is 9.47 Å². The molecule has 1 saturated heterocycles. The molecule has 0 radical (unpaired) electrons. The van der Waals surface area contributed by atoms with E-state index in [1.807, 2.05) is 0 Å². The molecule has 1 aliphatic heterocycles. The number of nitrogens with one attached hydrogen (secondary N) is 1. The van der Waals surface area contributed by atoms with Gasteiger partial charge in [0.15, 0.2) is 24.2 Å². The summed E-state index contributed by atoms with van der Waals surface area (Å²) in [6, 6.07) is 4.61. The van der Waals surface area contributed by atoms with Crippen molar-refractivity contribution in [2.75, 3.05) is 18.5 Å². The molecule has 27 heavy (non-hydrogen) atoms. The van der Waals surface area contributed by atoms with Crippen LogP contribution in [0.25, 0.3) is 0 Å². The predicted octanol–water partition coefficient (Wildman–Crippen LogP) is 0.407. The molecule has 1 fully saturated rings. The van der Waals surface area contributed by atoms with Crippen LogP contribution in [0.1, 0.15) is 16.6 Å². The van der Waals surface area contributed by atoms with Gasteiger partial charge < -0.3 is 19.9 Å². The van der Waals surface area contributed by atoms with Gasteiger partial charge in [-0.25, -0.2) is 9.18 Å². The first-order chi connectivity index (χ1) is 12.9. The molecule has 2 aromatic rings. The molecule has 0 aliphatic carbocycles. The number of nitro groups is 1. The van der Waals surface area contributed by atoms with Crippen LogP contribution in [0.15, 0.2) is 35.3 Å². The minimum atomic E-state index is -0.999. The molecular weight excluding hydrogens is 367 g/mol. The Morgan fingerprint density at radius 1 is 1.44 bits per heavy atom. The summed E-state index contributed by atoms with van der Waals surface area (Å²) in [6.07, 6.45) is -1.09. The van der Waals surface area contributed by atoms with E-state index in [1.54, 1.807) is 0 Å². The van der Waals surface area contributed by atoms with Gasteiger partial charge in [-0.15, -0.1) is 0 Å². The molecule has 0 bridgehead atoms. The fourth-order valence-corrected chi connectivity index (χ4v) is 2.34. The maximum atomic E-state index is 14.2. The van der Waals surface area contributed by atoms with Gasteiger partial charge in [0.2, 0.25) is 0 Å². The molecule has 0 saturated carbocycles. The topological polar surface area (TPSA) is 146 Å². The van der Waals surface area contributed by atoms with E-state index in [0.717, 1.165) is 22.9 Å². The number of hydrogen-bond donors (Lipinski definition) is 2. The number of rotatable bonds is 5. The first kappa shape index (κ1) is 18.6. The summed E-state index contributed by atoms with van der Waals surface area (Å²) >= 11 is 0. The highest BCUT2D eigenvalue weighted by Gasteiger charge is 2.28. The molecular formula is C15H13FN4O7. The molecule has 0 spiro atoms. The van der Waals surface area contributed by atoms with Gasteiger partial charge in [0.25, 0.3) is 11.6 Å². The molecule has 1 aromatic heterocycles. The van der Waals surface area contributed by atoms with E-state index in [1.165, 1.54) is 12.1 Å². The molecule has 1 aliphatic rings. The lowest BCUT2D eigenvalue weighted by molar-refractivity contribution is -0.384. The molecule has 2 heterocycles. The van der Waals surface area contributed by atoms with Crippen molar-refractivity contribution in [3.8, 4) is 0 Å². The second-order valence-electron chi connectivity index (χ2n) is 5.42. The Kier molecular flexibility index (Phi) is 5.21. The molecule has 1 aromatic carbocycles. The molecule has 2 N–H and O–H groups in total. The van der Waals surface area contributed by atoms with Crippen LogP contribution < -0.4 is 11.0 Å². The lowest BCUT2D eigenvalue weighted by Gasteiger charge is -2.13. The summed E-state index contributed by atoms with van der Waals surface area (Å²) in [4.78, 5) is 37.6. The maximum absolute atomic E-state index is 14.2. The van der Waals surface area contributed by atoms with Gasteiger partial charge in [-0.05, 0) is 12.1 Å². The van der Waals surface area contributed by atoms with Crippen molar-refractivity contribution >= 4 is 17.4 Å². The Hall–Kier alpha value is -3.22.